The largest absolute Gasteiger partial charge is 0.497 e. The minimum absolute atomic E-state index is 0.0314. The maximum atomic E-state index is 12.6. The Morgan fingerprint density at radius 1 is 1.18 bits per heavy atom. The van der Waals surface area contributed by atoms with Crippen molar-refractivity contribution in [2.45, 2.75) is 31.8 Å². The van der Waals surface area contributed by atoms with Crippen LogP contribution in [-0.2, 0) is 21.6 Å². The van der Waals surface area contributed by atoms with Crippen LogP contribution in [-0.4, -0.2) is 44.2 Å². The number of ether oxygens (including phenoxy) is 3. The molecule has 1 amide bonds. The SMILES string of the molecule is COc1ccc2c(c1)CCOC21CCN(C(=O)COc2ccccc2C)CC1. The fourth-order valence-electron chi connectivity index (χ4n) is 4.26. The van der Waals surface area contributed by atoms with Crippen LogP contribution >= 0.6 is 0 Å². The van der Waals surface area contributed by atoms with Crippen LogP contribution in [0.4, 0.5) is 0 Å². The lowest BCUT2D eigenvalue weighted by Crippen LogP contribution is -2.49. The Hall–Kier alpha value is -2.53. The smallest absolute Gasteiger partial charge is 0.260 e. The number of rotatable bonds is 4. The van der Waals surface area contributed by atoms with Gasteiger partial charge in [0, 0.05) is 13.1 Å². The number of aryl methyl sites for hydroxylation is 1. The lowest BCUT2D eigenvalue weighted by molar-refractivity contribution is -0.142. The first-order valence-electron chi connectivity index (χ1n) is 9.89. The molecule has 0 bridgehead atoms. The van der Waals surface area contributed by atoms with Crippen molar-refractivity contribution in [1.29, 1.82) is 0 Å². The number of amides is 1. The zero-order chi connectivity index (χ0) is 19.6. The van der Waals surface area contributed by atoms with Crippen molar-refractivity contribution < 1.29 is 19.0 Å². The molecule has 0 atom stereocenters. The van der Waals surface area contributed by atoms with Gasteiger partial charge in [-0.25, -0.2) is 0 Å². The molecule has 148 valence electrons. The number of carbonyl (C=O) groups is 1. The number of likely N-dealkylation sites (tertiary alicyclic amines) is 1. The van der Waals surface area contributed by atoms with Gasteiger partial charge in [-0.3, -0.25) is 4.79 Å². The summed E-state index contributed by atoms with van der Waals surface area (Å²) in [5, 5.41) is 0. The van der Waals surface area contributed by atoms with Gasteiger partial charge in [0.1, 0.15) is 11.5 Å². The second-order valence-corrected chi connectivity index (χ2v) is 7.55. The van der Waals surface area contributed by atoms with Crippen LogP contribution in [0.5, 0.6) is 11.5 Å². The van der Waals surface area contributed by atoms with Gasteiger partial charge in [-0.1, -0.05) is 24.3 Å². The fourth-order valence-corrected chi connectivity index (χ4v) is 4.26. The highest BCUT2D eigenvalue weighted by Gasteiger charge is 2.41. The molecule has 2 aromatic rings. The Kier molecular flexibility index (Phi) is 5.27. The summed E-state index contributed by atoms with van der Waals surface area (Å²) in [4.78, 5) is 14.5. The summed E-state index contributed by atoms with van der Waals surface area (Å²) < 4.78 is 17.4. The zero-order valence-corrected chi connectivity index (χ0v) is 16.6. The van der Waals surface area contributed by atoms with Crippen LogP contribution in [0.1, 0.15) is 29.5 Å². The highest BCUT2D eigenvalue weighted by atomic mass is 16.5. The molecule has 0 saturated carbocycles. The Morgan fingerprint density at radius 2 is 1.96 bits per heavy atom. The summed E-state index contributed by atoms with van der Waals surface area (Å²) in [6, 6.07) is 14.0. The van der Waals surface area contributed by atoms with E-state index < -0.39 is 0 Å². The lowest BCUT2D eigenvalue weighted by atomic mass is 9.79. The van der Waals surface area contributed by atoms with E-state index in [2.05, 4.69) is 12.1 Å². The molecule has 28 heavy (non-hydrogen) atoms. The molecule has 2 aliphatic heterocycles. The number of nitrogens with zero attached hydrogens (tertiary/aromatic N) is 1. The van der Waals surface area contributed by atoms with Crippen LogP contribution < -0.4 is 9.47 Å². The van der Waals surface area contributed by atoms with E-state index in [9.17, 15) is 4.79 Å². The average molecular weight is 381 g/mol. The standard InChI is InChI=1S/C23H27NO4/c1-17-5-3-4-6-21(17)27-16-22(25)24-12-10-23(11-13-24)20-8-7-19(26-2)15-18(20)9-14-28-23/h3-8,15H,9-14,16H2,1-2H3. The van der Waals surface area contributed by atoms with Gasteiger partial charge >= 0.3 is 0 Å². The predicted molar refractivity (Wildman–Crippen MR) is 107 cm³/mol. The van der Waals surface area contributed by atoms with E-state index in [0.29, 0.717) is 19.7 Å². The first-order valence-corrected chi connectivity index (χ1v) is 9.89. The molecule has 2 aromatic carbocycles. The normalized spacial score (nSPS) is 17.9. The van der Waals surface area contributed by atoms with Crippen LogP contribution in [0.2, 0.25) is 0 Å². The first kappa shape index (κ1) is 18.8. The molecule has 0 unspecified atom stereocenters. The molecule has 1 fully saturated rings. The number of hydrogen-bond acceptors (Lipinski definition) is 4. The Balaban J connectivity index is 1.40. The molecule has 0 radical (unpaired) electrons. The third kappa shape index (κ3) is 3.59. The van der Waals surface area contributed by atoms with Gasteiger partial charge in [-0.15, -0.1) is 0 Å². The van der Waals surface area contributed by atoms with Crippen LogP contribution in [0, 0.1) is 6.92 Å². The number of fused-ring (bicyclic) bond motifs is 2. The van der Waals surface area contributed by atoms with Gasteiger partial charge in [0.15, 0.2) is 6.61 Å². The number of hydrogen-bond donors (Lipinski definition) is 0. The highest BCUT2D eigenvalue weighted by Crippen LogP contribution is 2.42. The molecule has 5 nitrogen and oxygen atoms in total. The monoisotopic (exact) mass is 381 g/mol. The van der Waals surface area contributed by atoms with Crippen LogP contribution in [0.3, 0.4) is 0 Å². The van der Waals surface area contributed by atoms with Gasteiger partial charge in [0.2, 0.25) is 0 Å². The number of piperidine rings is 1. The van der Waals surface area contributed by atoms with Gasteiger partial charge in [0.25, 0.3) is 5.91 Å². The van der Waals surface area contributed by atoms with Crippen LogP contribution in [0.25, 0.3) is 0 Å². The number of benzene rings is 2. The van der Waals surface area contributed by atoms with Crippen LogP contribution in [0.15, 0.2) is 42.5 Å². The number of para-hydroxylation sites is 1. The van der Waals surface area contributed by atoms with E-state index in [-0.39, 0.29) is 18.1 Å². The summed E-state index contributed by atoms with van der Waals surface area (Å²) in [7, 11) is 1.69. The lowest BCUT2D eigenvalue weighted by Gasteiger charge is -2.45. The molecular weight excluding hydrogens is 354 g/mol. The van der Waals surface area contributed by atoms with Crippen molar-refractivity contribution in [1.82, 2.24) is 4.90 Å². The molecule has 0 aliphatic carbocycles. The Morgan fingerprint density at radius 3 is 2.71 bits per heavy atom. The van der Waals surface area contributed by atoms with Crippen molar-refractivity contribution in [2.75, 3.05) is 33.4 Å². The maximum Gasteiger partial charge on any atom is 0.260 e. The van der Waals surface area contributed by atoms with Crippen molar-refractivity contribution in [3.63, 3.8) is 0 Å². The van der Waals surface area contributed by atoms with E-state index in [4.69, 9.17) is 14.2 Å². The second kappa shape index (κ2) is 7.84. The topological polar surface area (TPSA) is 48.0 Å². The van der Waals surface area contributed by atoms with Crippen molar-refractivity contribution in [3.05, 3.63) is 59.2 Å². The summed E-state index contributed by atoms with van der Waals surface area (Å²) in [6.07, 6.45) is 2.52. The predicted octanol–water partition coefficient (Wildman–Crippen LogP) is 3.47. The molecule has 2 aliphatic rings. The molecule has 0 N–H and O–H groups in total. The van der Waals surface area contributed by atoms with Gasteiger partial charge < -0.3 is 19.1 Å². The Labute approximate surface area is 166 Å². The van der Waals surface area contributed by atoms with Gasteiger partial charge in [-0.2, -0.15) is 0 Å². The highest BCUT2D eigenvalue weighted by molar-refractivity contribution is 5.78. The van der Waals surface area contributed by atoms with E-state index in [1.165, 1.54) is 11.1 Å². The molecular formula is C23H27NO4. The summed E-state index contributed by atoms with van der Waals surface area (Å²) in [6.45, 7) is 4.14. The molecule has 1 spiro atoms. The summed E-state index contributed by atoms with van der Waals surface area (Å²) >= 11 is 0. The minimum Gasteiger partial charge on any atom is -0.497 e. The van der Waals surface area contributed by atoms with E-state index in [1.807, 2.05) is 42.2 Å². The van der Waals surface area contributed by atoms with E-state index in [1.54, 1.807) is 7.11 Å². The van der Waals surface area contributed by atoms with E-state index in [0.717, 1.165) is 36.3 Å². The first-order chi connectivity index (χ1) is 13.6. The number of carbonyl (C=O) groups excluding carboxylic acids is 1. The van der Waals surface area contributed by atoms with Crippen molar-refractivity contribution >= 4 is 5.91 Å². The van der Waals surface area contributed by atoms with Crippen molar-refractivity contribution in [3.8, 4) is 11.5 Å². The summed E-state index contributed by atoms with van der Waals surface area (Å²) in [5.74, 6) is 1.68. The molecule has 1 saturated heterocycles. The zero-order valence-electron chi connectivity index (χ0n) is 16.6. The van der Waals surface area contributed by atoms with Gasteiger partial charge in [0.05, 0.1) is 19.3 Å². The molecule has 0 aromatic heterocycles. The van der Waals surface area contributed by atoms with E-state index >= 15 is 0 Å². The minimum atomic E-state index is -0.284. The van der Waals surface area contributed by atoms with Gasteiger partial charge in [-0.05, 0) is 61.1 Å². The number of methoxy groups -OCH3 is 1. The average Bonchev–Trinajstić information content (AvgIpc) is 2.73. The quantitative estimate of drug-likeness (QED) is 0.814. The fraction of sp³-hybridized carbons (Fsp3) is 0.435. The second-order valence-electron chi connectivity index (χ2n) is 7.55. The molecule has 4 rings (SSSR count). The maximum absolute atomic E-state index is 12.6. The molecule has 2 heterocycles. The third-order valence-electron chi connectivity index (χ3n) is 5.92. The summed E-state index contributed by atoms with van der Waals surface area (Å²) in [5.41, 5.74) is 3.31. The molecule has 5 heteroatoms. The Bertz CT molecular complexity index is 855. The van der Waals surface area contributed by atoms with Crippen molar-refractivity contribution in [2.24, 2.45) is 0 Å². The third-order valence-corrected chi connectivity index (χ3v) is 5.92.